The van der Waals surface area contributed by atoms with Crippen LogP contribution < -0.4 is 11.1 Å². The Morgan fingerprint density at radius 2 is 1.80 bits per heavy atom. The van der Waals surface area contributed by atoms with Crippen LogP contribution in [0, 0.1) is 0 Å². The van der Waals surface area contributed by atoms with Crippen LogP contribution in [0.1, 0.15) is 24.8 Å². The molecular formula is C17H23N3O4S. The van der Waals surface area contributed by atoms with Crippen molar-refractivity contribution in [3.8, 4) is 0 Å². The number of ether oxygens (including phenoxy) is 1. The standard InChI is InChI=1S/C17H23N3O4S/c1-24-16(23)8-7-15(22)19-17(25)20(12-10-14(18)21)11-9-13-5-3-2-4-6-13/h2-6H,7-12H2,1H3,(H2,18,21)(H,19,22,25). The summed E-state index contributed by atoms with van der Waals surface area (Å²) in [7, 11) is 1.26. The van der Waals surface area contributed by atoms with Gasteiger partial charge >= 0.3 is 5.97 Å². The summed E-state index contributed by atoms with van der Waals surface area (Å²) in [4.78, 5) is 35.7. The van der Waals surface area contributed by atoms with Crippen molar-refractivity contribution in [2.24, 2.45) is 5.73 Å². The molecule has 0 fully saturated rings. The molecule has 136 valence electrons. The van der Waals surface area contributed by atoms with Gasteiger partial charge in [-0.05, 0) is 24.2 Å². The molecule has 0 unspecified atom stereocenters. The van der Waals surface area contributed by atoms with Crippen LogP contribution in [0.2, 0.25) is 0 Å². The van der Waals surface area contributed by atoms with E-state index in [1.165, 1.54) is 7.11 Å². The van der Waals surface area contributed by atoms with Crippen LogP contribution in [-0.2, 0) is 25.5 Å². The number of amides is 2. The van der Waals surface area contributed by atoms with Crippen molar-refractivity contribution >= 4 is 35.1 Å². The maximum Gasteiger partial charge on any atom is 0.306 e. The van der Waals surface area contributed by atoms with Crippen molar-refractivity contribution in [1.82, 2.24) is 10.2 Å². The smallest absolute Gasteiger partial charge is 0.306 e. The molecule has 1 rings (SSSR count). The van der Waals surface area contributed by atoms with Crippen LogP contribution in [-0.4, -0.2) is 48.0 Å². The van der Waals surface area contributed by atoms with E-state index in [2.05, 4.69) is 10.1 Å². The number of methoxy groups -OCH3 is 1. The molecule has 3 N–H and O–H groups in total. The number of thiocarbonyl (C=S) groups is 1. The summed E-state index contributed by atoms with van der Waals surface area (Å²) >= 11 is 5.25. The molecule has 0 aliphatic carbocycles. The maximum absolute atomic E-state index is 11.9. The predicted molar refractivity (Wildman–Crippen MR) is 97.5 cm³/mol. The Hall–Kier alpha value is -2.48. The number of carbonyl (C=O) groups excluding carboxylic acids is 3. The number of hydrogen-bond donors (Lipinski definition) is 2. The van der Waals surface area contributed by atoms with Gasteiger partial charge in [0.05, 0.1) is 13.5 Å². The zero-order valence-corrected chi connectivity index (χ0v) is 15.0. The molecule has 0 atom stereocenters. The second-order valence-corrected chi connectivity index (χ2v) is 5.76. The van der Waals surface area contributed by atoms with Gasteiger partial charge in [-0.2, -0.15) is 0 Å². The number of nitrogens with one attached hydrogen (secondary N) is 1. The average molecular weight is 365 g/mol. The van der Waals surface area contributed by atoms with Crippen molar-refractivity contribution < 1.29 is 19.1 Å². The molecule has 0 aliphatic heterocycles. The summed E-state index contributed by atoms with van der Waals surface area (Å²) in [6.45, 7) is 0.853. The fraction of sp³-hybridized carbons (Fsp3) is 0.412. The van der Waals surface area contributed by atoms with Crippen LogP contribution in [0.4, 0.5) is 0 Å². The Bertz CT molecular complexity index is 607. The topological polar surface area (TPSA) is 102 Å². The minimum Gasteiger partial charge on any atom is -0.469 e. The van der Waals surface area contributed by atoms with Gasteiger partial charge in [-0.25, -0.2) is 0 Å². The van der Waals surface area contributed by atoms with Gasteiger partial charge in [-0.15, -0.1) is 0 Å². The third-order valence-electron chi connectivity index (χ3n) is 3.46. The fourth-order valence-electron chi connectivity index (χ4n) is 2.05. The first-order valence-corrected chi connectivity index (χ1v) is 8.31. The van der Waals surface area contributed by atoms with E-state index in [1.807, 2.05) is 30.3 Å². The summed E-state index contributed by atoms with van der Waals surface area (Å²) in [5.74, 6) is -1.28. The largest absolute Gasteiger partial charge is 0.469 e. The number of esters is 1. The van der Waals surface area contributed by atoms with Crippen molar-refractivity contribution in [3.63, 3.8) is 0 Å². The summed E-state index contributed by atoms with van der Waals surface area (Å²) in [5.41, 5.74) is 6.32. The SMILES string of the molecule is COC(=O)CCC(=O)NC(=S)N(CCC(N)=O)CCc1ccccc1. The maximum atomic E-state index is 11.9. The minimum absolute atomic E-state index is 0.0176. The molecule has 2 amide bonds. The molecule has 0 aromatic heterocycles. The summed E-state index contributed by atoms with van der Waals surface area (Å²) in [6.07, 6.45) is 0.802. The number of benzene rings is 1. The lowest BCUT2D eigenvalue weighted by Gasteiger charge is -2.25. The Morgan fingerprint density at radius 1 is 1.12 bits per heavy atom. The van der Waals surface area contributed by atoms with Crippen LogP contribution in [0.25, 0.3) is 0 Å². The Balaban J connectivity index is 2.57. The molecule has 0 bridgehead atoms. The molecular weight excluding hydrogens is 342 g/mol. The highest BCUT2D eigenvalue weighted by Crippen LogP contribution is 2.03. The third-order valence-corrected chi connectivity index (χ3v) is 3.82. The molecule has 1 aromatic rings. The molecule has 0 spiro atoms. The van der Waals surface area contributed by atoms with Gasteiger partial charge in [-0.1, -0.05) is 30.3 Å². The van der Waals surface area contributed by atoms with Gasteiger partial charge in [0.25, 0.3) is 0 Å². The fourth-order valence-corrected chi connectivity index (χ4v) is 2.34. The molecule has 1 aromatic carbocycles. The molecule has 0 radical (unpaired) electrons. The molecule has 0 heterocycles. The molecule has 8 heteroatoms. The molecule has 7 nitrogen and oxygen atoms in total. The summed E-state index contributed by atoms with van der Waals surface area (Å²) < 4.78 is 4.49. The van der Waals surface area contributed by atoms with Crippen molar-refractivity contribution in [2.75, 3.05) is 20.2 Å². The zero-order valence-electron chi connectivity index (χ0n) is 14.2. The van der Waals surface area contributed by atoms with Crippen LogP contribution in [0.3, 0.4) is 0 Å². The normalized spacial score (nSPS) is 9.96. The second kappa shape index (κ2) is 11.1. The van der Waals surface area contributed by atoms with E-state index in [1.54, 1.807) is 4.90 Å². The van der Waals surface area contributed by atoms with Crippen molar-refractivity contribution in [3.05, 3.63) is 35.9 Å². The predicted octanol–water partition coefficient (Wildman–Crippen LogP) is 0.761. The van der Waals surface area contributed by atoms with E-state index in [4.69, 9.17) is 18.0 Å². The van der Waals surface area contributed by atoms with Crippen LogP contribution in [0.5, 0.6) is 0 Å². The first kappa shape index (κ1) is 20.6. The zero-order chi connectivity index (χ0) is 18.7. The number of nitrogens with two attached hydrogens (primary N) is 1. The lowest BCUT2D eigenvalue weighted by atomic mass is 10.1. The van der Waals surface area contributed by atoms with E-state index >= 15 is 0 Å². The number of nitrogens with zero attached hydrogens (tertiary/aromatic N) is 1. The minimum atomic E-state index is -0.462. The Morgan fingerprint density at radius 3 is 2.40 bits per heavy atom. The first-order chi connectivity index (χ1) is 11.9. The van der Waals surface area contributed by atoms with Gasteiger partial charge in [0.1, 0.15) is 0 Å². The van der Waals surface area contributed by atoms with Gasteiger partial charge in [0.15, 0.2) is 5.11 Å². The van der Waals surface area contributed by atoms with E-state index in [-0.39, 0.29) is 30.3 Å². The number of primary amides is 1. The van der Waals surface area contributed by atoms with E-state index < -0.39 is 11.9 Å². The van der Waals surface area contributed by atoms with Crippen LogP contribution >= 0.6 is 12.2 Å². The van der Waals surface area contributed by atoms with Crippen molar-refractivity contribution in [2.45, 2.75) is 25.7 Å². The van der Waals surface area contributed by atoms with E-state index in [9.17, 15) is 14.4 Å². The highest BCUT2D eigenvalue weighted by atomic mass is 32.1. The van der Waals surface area contributed by atoms with Gasteiger partial charge in [0.2, 0.25) is 11.8 Å². The highest BCUT2D eigenvalue weighted by Gasteiger charge is 2.14. The van der Waals surface area contributed by atoms with E-state index in [0.29, 0.717) is 19.5 Å². The lowest BCUT2D eigenvalue weighted by molar-refractivity contribution is -0.142. The van der Waals surface area contributed by atoms with Gasteiger partial charge in [-0.3, -0.25) is 14.4 Å². The Kier molecular flexibility index (Phi) is 9.16. The van der Waals surface area contributed by atoms with Gasteiger partial charge < -0.3 is 20.7 Å². The highest BCUT2D eigenvalue weighted by molar-refractivity contribution is 7.80. The molecule has 25 heavy (non-hydrogen) atoms. The van der Waals surface area contributed by atoms with Crippen molar-refractivity contribution in [1.29, 1.82) is 0 Å². The number of hydrogen-bond acceptors (Lipinski definition) is 5. The third kappa shape index (κ3) is 8.80. The lowest BCUT2D eigenvalue weighted by Crippen LogP contribution is -2.44. The first-order valence-electron chi connectivity index (χ1n) is 7.90. The number of rotatable bonds is 9. The van der Waals surface area contributed by atoms with Crippen LogP contribution in [0.15, 0.2) is 30.3 Å². The average Bonchev–Trinajstić information content (AvgIpc) is 2.60. The monoisotopic (exact) mass is 365 g/mol. The molecule has 0 saturated carbocycles. The Labute approximate surface area is 152 Å². The summed E-state index contributed by atoms with van der Waals surface area (Å²) in [5, 5.41) is 2.79. The second-order valence-electron chi connectivity index (χ2n) is 5.37. The quantitative estimate of drug-likeness (QED) is 0.495. The molecule has 0 aliphatic rings. The molecule has 0 saturated heterocycles. The van der Waals surface area contributed by atoms with Gasteiger partial charge in [0, 0.05) is 25.9 Å². The van der Waals surface area contributed by atoms with E-state index in [0.717, 1.165) is 5.56 Å². The summed E-state index contributed by atoms with van der Waals surface area (Å²) in [6, 6.07) is 9.79. The number of carbonyl (C=O) groups is 3.